The molecular formula is C33H40O20. The summed E-state index contributed by atoms with van der Waals surface area (Å²) in [7, 11) is 0. The van der Waals surface area contributed by atoms with E-state index < -0.39 is 123 Å². The molecule has 6 rings (SSSR count). The van der Waals surface area contributed by atoms with Gasteiger partial charge >= 0.3 is 0 Å². The highest BCUT2D eigenvalue weighted by Gasteiger charge is 2.54. The Balaban J connectivity index is 1.32. The molecule has 3 aliphatic rings. The van der Waals surface area contributed by atoms with Crippen molar-refractivity contribution in [2.45, 2.75) is 92.1 Å². The second kappa shape index (κ2) is 16.0. The summed E-state index contributed by atoms with van der Waals surface area (Å²) in [5.41, 5.74) is -0.401. The molecule has 53 heavy (non-hydrogen) atoms. The van der Waals surface area contributed by atoms with Crippen LogP contribution in [-0.4, -0.2) is 173 Å². The third kappa shape index (κ3) is 7.71. The summed E-state index contributed by atoms with van der Waals surface area (Å²) in [4.78, 5) is 13.0. The van der Waals surface area contributed by atoms with Crippen molar-refractivity contribution in [1.82, 2.24) is 0 Å². The Bertz CT molecular complexity index is 1750. The smallest absolute Gasteiger partial charge is 0.229 e. The first kappa shape index (κ1) is 39.2. The van der Waals surface area contributed by atoms with Crippen molar-refractivity contribution < 1.29 is 94.1 Å². The first-order valence-electron chi connectivity index (χ1n) is 16.4. The summed E-state index contributed by atoms with van der Waals surface area (Å²) >= 11 is 0. The summed E-state index contributed by atoms with van der Waals surface area (Å²) in [5, 5.41) is 124. The van der Waals surface area contributed by atoms with Crippen molar-refractivity contribution in [3.63, 3.8) is 0 Å². The number of hydrogen-bond donors (Lipinski definition) is 12. The Morgan fingerprint density at radius 3 is 1.68 bits per heavy atom. The topological polar surface area (TPSA) is 328 Å². The highest BCUT2D eigenvalue weighted by Crippen LogP contribution is 2.36. The molecule has 12 N–H and O–H groups in total. The van der Waals surface area contributed by atoms with E-state index in [0.717, 1.165) is 12.1 Å². The zero-order chi connectivity index (χ0) is 38.3. The van der Waals surface area contributed by atoms with Gasteiger partial charge < -0.3 is 94.1 Å². The van der Waals surface area contributed by atoms with Crippen LogP contribution in [0.15, 0.2) is 51.7 Å². The average molecular weight is 757 g/mol. The number of ether oxygens (including phenoxy) is 6. The van der Waals surface area contributed by atoms with Crippen LogP contribution in [0.2, 0.25) is 0 Å². The highest BCUT2D eigenvalue weighted by atomic mass is 16.8. The van der Waals surface area contributed by atoms with E-state index in [2.05, 4.69) is 0 Å². The van der Waals surface area contributed by atoms with Gasteiger partial charge in [-0.3, -0.25) is 4.79 Å². The molecule has 20 nitrogen and oxygen atoms in total. The van der Waals surface area contributed by atoms with E-state index in [-0.39, 0.29) is 28.2 Å². The summed E-state index contributed by atoms with van der Waals surface area (Å²) in [6.07, 6.45) is -27.1. The fraction of sp³-hybridized carbons (Fsp3) is 0.545. The molecule has 0 amide bonds. The third-order valence-electron chi connectivity index (χ3n) is 9.27. The maximum atomic E-state index is 13.0. The summed E-state index contributed by atoms with van der Waals surface area (Å²) in [6.45, 7) is -2.54. The lowest BCUT2D eigenvalue weighted by Crippen LogP contribution is -2.67. The molecule has 15 atom stereocenters. The molecule has 2 aromatic carbocycles. The number of aliphatic hydroxyl groups is 10. The molecule has 0 spiro atoms. The molecule has 0 radical (unpaired) electrons. The van der Waals surface area contributed by atoms with Crippen LogP contribution >= 0.6 is 0 Å². The molecule has 6 unspecified atom stereocenters. The van der Waals surface area contributed by atoms with Crippen LogP contribution in [0.3, 0.4) is 0 Å². The second-order valence-corrected chi connectivity index (χ2v) is 12.8. The first-order valence-corrected chi connectivity index (χ1v) is 16.4. The molecule has 0 saturated carbocycles. The fourth-order valence-corrected chi connectivity index (χ4v) is 6.31. The van der Waals surface area contributed by atoms with Crippen molar-refractivity contribution in [3.05, 3.63) is 52.7 Å². The minimum absolute atomic E-state index is 0.0362. The predicted octanol–water partition coefficient (Wildman–Crippen LogP) is -4.30. The Labute approximate surface area is 298 Å². The van der Waals surface area contributed by atoms with Crippen molar-refractivity contribution in [3.8, 4) is 28.6 Å². The molecule has 20 heteroatoms. The normalized spacial score (nSPS) is 37.8. The minimum Gasteiger partial charge on any atom is -0.508 e. The van der Waals surface area contributed by atoms with Crippen LogP contribution in [0.4, 0.5) is 0 Å². The van der Waals surface area contributed by atoms with Crippen LogP contribution in [0, 0.1) is 0 Å². The number of benzene rings is 2. The minimum atomic E-state index is -1.99. The number of aromatic hydroxyl groups is 2. The van der Waals surface area contributed by atoms with E-state index in [4.69, 9.17) is 32.8 Å². The molecular weight excluding hydrogens is 716 g/mol. The summed E-state index contributed by atoms with van der Waals surface area (Å²) in [5.74, 6) is -0.817. The Morgan fingerprint density at radius 1 is 0.585 bits per heavy atom. The largest absolute Gasteiger partial charge is 0.508 e. The van der Waals surface area contributed by atoms with Gasteiger partial charge in [0.25, 0.3) is 0 Å². The predicted molar refractivity (Wildman–Crippen MR) is 171 cm³/mol. The summed E-state index contributed by atoms with van der Waals surface area (Å²) in [6, 6.07) is 9.03. The number of hydrogen-bond acceptors (Lipinski definition) is 20. The average Bonchev–Trinajstić information content (AvgIpc) is 3.13. The first-order chi connectivity index (χ1) is 25.3. The van der Waals surface area contributed by atoms with E-state index in [0.29, 0.717) is 5.56 Å². The molecule has 3 fully saturated rings. The van der Waals surface area contributed by atoms with Gasteiger partial charge in [-0.15, -0.1) is 0 Å². The number of rotatable bonds is 10. The zero-order valence-corrected chi connectivity index (χ0v) is 27.5. The van der Waals surface area contributed by atoms with Gasteiger partial charge in [-0.1, -0.05) is 0 Å². The molecule has 4 heterocycles. The monoisotopic (exact) mass is 756 g/mol. The maximum absolute atomic E-state index is 13.0. The Kier molecular flexibility index (Phi) is 11.9. The van der Waals surface area contributed by atoms with Crippen molar-refractivity contribution >= 4 is 11.0 Å². The molecule has 3 aromatic rings. The quantitative estimate of drug-likeness (QED) is 0.0931. The van der Waals surface area contributed by atoms with E-state index >= 15 is 0 Å². The van der Waals surface area contributed by atoms with Gasteiger partial charge in [0.15, 0.2) is 24.1 Å². The van der Waals surface area contributed by atoms with Gasteiger partial charge in [0.2, 0.25) is 6.29 Å². The molecule has 1 aromatic heterocycles. The van der Waals surface area contributed by atoms with Crippen molar-refractivity contribution in [2.24, 2.45) is 0 Å². The van der Waals surface area contributed by atoms with E-state index in [9.17, 15) is 66.1 Å². The molecule has 0 aliphatic carbocycles. The van der Waals surface area contributed by atoms with Gasteiger partial charge in [0.1, 0.15) is 101 Å². The van der Waals surface area contributed by atoms with Gasteiger partial charge in [-0.2, -0.15) is 0 Å². The van der Waals surface area contributed by atoms with Crippen LogP contribution in [0.5, 0.6) is 17.2 Å². The van der Waals surface area contributed by atoms with Crippen molar-refractivity contribution in [2.75, 3.05) is 19.8 Å². The van der Waals surface area contributed by atoms with Crippen LogP contribution in [-0.2, 0) is 23.7 Å². The van der Waals surface area contributed by atoms with Crippen LogP contribution in [0.25, 0.3) is 22.3 Å². The van der Waals surface area contributed by atoms with Crippen molar-refractivity contribution in [1.29, 1.82) is 0 Å². The number of phenols is 2. The number of phenolic OH excluding ortho intramolecular Hbond substituents is 2. The highest BCUT2D eigenvalue weighted by molar-refractivity contribution is 5.86. The SMILES string of the molecule is O=c1cc(-c2ccc(O)cc2)oc2cc(O[C@@H]3OC(CO)[C@@H](O)[C@H](O)C3O[C@@H]3OC(CO)[C@@H](O)[C@H](O)C3O[C@@H]3OC(CO)[C@@H](O)[C@H](O)C3O)cc(O)c12. The molecule has 3 aliphatic heterocycles. The summed E-state index contributed by atoms with van der Waals surface area (Å²) < 4.78 is 40.1. The lowest BCUT2D eigenvalue weighted by atomic mass is 9.96. The standard InChI is InChI=1S/C33H40O20/c34-8-18-22(40)25(43)28(46)31(49-18)52-30-27(45)24(42)20(10-36)51-33(30)53-29-26(44)23(41)19(9-35)50-32(29)47-13-5-14(38)21-15(39)7-16(48-17(21)6-13)11-1-3-12(37)4-2-11/h1-7,18-20,22-38,40-46H,8-10H2/t18?,19?,20?,22-,23-,24-,25+,26+,27+,28?,29?,30?,31+,32-,33+/m1/s1. The van der Waals surface area contributed by atoms with Gasteiger partial charge in [-0.25, -0.2) is 0 Å². The third-order valence-corrected chi connectivity index (χ3v) is 9.27. The van der Waals surface area contributed by atoms with Crippen LogP contribution in [0.1, 0.15) is 0 Å². The van der Waals surface area contributed by atoms with Gasteiger partial charge in [0, 0.05) is 23.8 Å². The van der Waals surface area contributed by atoms with Crippen LogP contribution < -0.4 is 10.2 Å². The second-order valence-electron chi connectivity index (χ2n) is 12.8. The molecule has 0 bridgehead atoms. The number of fused-ring (bicyclic) bond motifs is 1. The zero-order valence-electron chi connectivity index (χ0n) is 27.5. The Morgan fingerprint density at radius 2 is 1.09 bits per heavy atom. The van der Waals surface area contributed by atoms with E-state index in [1.807, 2.05) is 0 Å². The van der Waals surface area contributed by atoms with E-state index in [1.165, 1.54) is 30.3 Å². The lowest BCUT2D eigenvalue weighted by Gasteiger charge is -2.48. The molecule has 3 saturated heterocycles. The van der Waals surface area contributed by atoms with Gasteiger partial charge in [0.05, 0.1) is 19.8 Å². The van der Waals surface area contributed by atoms with E-state index in [1.54, 1.807) is 0 Å². The number of aliphatic hydroxyl groups excluding tert-OH is 10. The Hall–Kier alpha value is -3.55. The fourth-order valence-electron chi connectivity index (χ4n) is 6.31. The van der Waals surface area contributed by atoms with Gasteiger partial charge in [-0.05, 0) is 24.3 Å². The lowest BCUT2D eigenvalue weighted by molar-refractivity contribution is -0.389. The maximum Gasteiger partial charge on any atom is 0.229 e. The molecule has 292 valence electrons.